The van der Waals surface area contributed by atoms with Crippen LogP contribution in [0.4, 0.5) is 10.3 Å². The Hall–Kier alpha value is -3.62. The summed E-state index contributed by atoms with van der Waals surface area (Å²) in [5, 5.41) is 12.5. The Kier molecular flexibility index (Phi) is 3.91. The van der Waals surface area contributed by atoms with Crippen molar-refractivity contribution < 1.29 is 14.3 Å². The second-order valence-corrected chi connectivity index (χ2v) is 6.19. The van der Waals surface area contributed by atoms with Crippen LogP contribution < -0.4 is 11.1 Å². The van der Waals surface area contributed by atoms with Crippen LogP contribution in [0, 0.1) is 12.7 Å². The third-order valence-corrected chi connectivity index (χ3v) is 4.38. The maximum Gasteiger partial charge on any atom is 0.255 e. The van der Waals surface area contributed by atoms with Crippen LogP contribution in [0.15, 0.2) is 30.5 Å². The van der Waals surface area contributed by atoms with Crippen LogP contribution in [-0.2, 0) is 6.42 Å². The minimum Gasteiger partial charge on any atom is -0.493 e. The fourth-order valence-electron chi connectivity index (χ4n) is 3.27. The summed E-state index contributed by atoms with van der Waals surface area (Å²) in [4.78, 5) is 28.9. The Morgan fingerprint density at radius 1 is 1.26 bits per heavy atom. The van der Waals surface area contributed by atoms with Crippen molar-refractivity contribution in [3.63, 3.8) is 0 Å². The van der Waals surface area contributed by atoms with E-state index in [4.69, 9.17) is 5.73 Å². The summed E-state index contributed by atoms with van der Waals surface area (Å²) < 4.78 is 13.9. The van der Waals surface area contributed by atoms with E-state index in [2.05, 4.69) is 25.3 Å². The Morgan fingerprint density at radius 3 is 2.85 bits per heavy atom. The lowest BCUT2D eigenvalue weighted by molar-refractivity contribution is 0.0922. The molecule has 27 heavy (non-hydrogen) atoms. The van der Waals surface area contributed by atoms with E-state index in [0.717, 1.165) is 0 Å². The molecule has 2 aromatic heterocycles. The first kappa shape index (κ1) is 16.8. The molecule has 3 aromatic rings. The van der Waals surface area contributed by atoms with Gasteiger partial charge in [0.2, 0.25) is 11.8 Å². The SMILES string of the molecule is Cc1nc(N)nc2c1C(=O)N[C@@H](c1ccc(F)cc1-c1nccc(O)n1)C2. The number of nitrogens with zero attached hydrogens (tertiary/aromatic N) is 4. The third kappa shape index (κ3) is 3.03. The molecule has 1 aliphatic rings. The topological polar surface area (TPSA) is 127 Å². The molecular formula is C18H15FN6O2. The van der Waals surface area contributed by atoms with Crippen molar-refractivity contribution in [2.24, 2.45) is 0 Å². The molecule has 8 nitrogen and oxygen atoms in total. The number of halogens is 1. The molecule has 4 rings (SSSR count). The Morgan fingerprint density at radius 2 is 2.07 bits per heavy atom. The van der Waals surface area contributed by atoms with Gasteiger partial charge in [0, 0.05) is 24.2 Å². The van der Waals surface area contributed by atoms with Gasteiger partial charge in [-0.05, 0) is 24.6 Å². The second kappa shape index (κ2) is 6.27. The Balaban J connectivity index is 1.82. The van der Waals surface area contributed by atoms with Gasteiger partial charge in [-0.2, -0.15) is 4.98 Å². The molecule has 0 saturated carbocycles. The Labute approximate surface area is 153 Å². The number of nitrogens with one attached hydrogen (secondary N) is 1. The van der Waals surface area contributed by atoms with Crippen molar-refractivity contribution in [1.29, 1.82) is 0 Å². The summed E-state index contributed by atoms with van der Waals surface area (Å²) in [7, 11) is 0. The molecular weight excluding hydrogens is 351 g/mol. The van der Waals surface area contributed by atoms with Crippen LogP contribution in [-0.4, -0.2) is 30.9 Å². The molecule has 0 spiro atoms. The van der Waals surface area contributed by atoms with Crippen LogP contribution in [0.3, 0.4) is 0 Å². The summed E-state index contributed by atoms with van der Waals surface area (Å²) in [5.41, 5.74) is 8.13. The molecule has 0 bridgehead atoms. The van der Waals surface area contributed by atoms with E-state index in [9.17, 15) is 14.3 Å². The predicted octanol–water partition coefficient (Wildman–Crippen LogP) is 1.70. The number of carbonyl (C=O) groups is 1. The molecule has 0 fully saturated rings. The number of anilines is 1. The van der Waals surface area contributed by atoms with Crippen molar-refractivity contribution in [3.05, 3.63) is 58.8 Å². The largest absolute Gasteiger partial charge is 0.493 e. The fraction of sp³-hybridized carbons (Fsp3) is 0.167. The summed E-state index contributed by atoms with van der Waals surface area (Å²) in [6.07, 6.45) is 1.73. The van der Waals surface area contributed by atoms with Crippen molar-refractivity contribution >= 4 is 11.9 Å². The van der Waals surface area contributed by atoms with E-state index in [-0.39, 0.29) is 23.6 Å². The molecule has 0 saturated heterocycles. The molecule has 0 unspecified atom stereocenters. The van der Waals surface area contributed by atoms with Gasteiger partial charge in [0.15, 0.2) is 5.82 Å². The first-order chi connectivity index (χ1) is 12.9. The number of rotatable bonds is 2. The number of fused-ring (bicyclic) bond motifs is 1. The van der Waals surface area contributed by atoms with Gasteiger partial charge in [0.1, 0.15) is 5.82 Å². The summed E-state index contributed by atoms with van der Waals surface area (Å²) in [6.45, 7) is 1.70. The average molecular weight is 366 g/mol. The number of hydrogen-bond acceptors (Lipinski definition) is 7. The first-order valence-electron chi connectivity index (χ1n) is 8.18. The van der Waals surface area contributed by atoms with Crippen molar-refractivity contribution in [1.82, 2.24) is 25.3 Å². The van der Waals surface area contributed by atoms with Crippen LogP contribution in [0.1, 0.15) is 33.4 Å². The average Bonchev–Trinajstić information content (AvgIpc) is 2.60. The highest BCUT2D eigenvalue weighted by Gasteiger charge is 2.30. The van der Waals surface area contributed by atoms with Crippen LogP contribution >= 0.6 is 0 Å². The van der Waals surface area contributed by atoms with Gasteiger partial charge in [0.25, 0.3) is 5.91 Å². The maximum absolute atomic E-state index is 13.9. The molecule has 1 aliphatic heterocycles. The molecule has 0 radical (unpaired) electrons. The van der Waals surface area contributed by atoms with Gasteiger partial charge < -0.3 is 16.2 Å². The van der Waals surface area contributed by atoms with Gasteiger partial charge in [-0.25, -0.2) is 19.3 Å². The van der Waals surface area contributed by atoms with Gasteiger partial charge in [-0.1, -0.05) is 6.07 Å². The number of carbonyl (C=O) groups excluding carboxylic acids is 1. The van der Waals surface area contributed by atoms with Gasteiger partial charge in [0.05, 0.1) is 23.0 Å². The summed E-state index contributed by atoms with van der Waals surface area (Å²) in [6, 6.07) is 4.96. The van der Waals surface area contributed by atoms with E-state index in [1.54, 1.807) is 13.0 Å². The number of nitrogen functional groups attached to an aromatic ring is 1. The summed E-state index contributed by atoms with van der Waals surface area (Å²) >= 11 is 0. The van der Waals surface area contributed by atoms with Crippen LogP contribution in [0.5, 0.6) is 5.88 Å². The lowest BCUT2D eigenvalue weighted by Crippen LogP contribution is -2.37. The zero-order chi connectivity index (χ0) is 19.1. The third-order valence-electron chi connectivity index (χ3n) is 4.38. The predicted molar refractivity (Wildman–Crippen MR) is 94.2 cm³/mol. The fourth-order valence-corrected chi connectivity index (χ4v) is 3.27. The minimum absolute atomic E-state index is 0.0929. The van der Waals surface area contributed by atoms with E-state index in [0.29, 0.717) is 34.5 Å². The molecule has 136 valence electrons. The highest BCUT2D eigenvalue weighted by Crippen LogP contribution is 2.32. The van der Waals surface area contributed by atoms with Crippen molar-refractivity contribution in [2.45, 2.75) is 19.4 Å². The monoisotopic (exact) mass is 366 g/mol. The maximum atomic E-state index is 13.9. The van der Waals surface area contributed by atoms with Crippen molar-refractivity contribution in [2.75, 3.05) is 5.73 Å². The lowest BCUT2D eigenvalue weighted by atomic mass is 9.91. The van der Waals surface area contributed by atoms with E-state index in [1.807, 2.05) is 0 Å². The number of aromatic nitrogens is 4. The molecule has 9 heteroatoms. The smallest absolute Gasteiger partial charge is 0.255 e. The normalized spacial score (nSPS) is 15.9. The molecule has 1 atom stereocenters. The van der Waals surface area contributed by atoms with E-state index >= 15 is 0 Å². The molecule has 1 amide bonds. The molecule has 0 aliphatic carbocycles. The standard InChI is InChI=1S/C18H15FN6O2/c1-8-15-13(24-18(20)22-8)7-12(23-17(15)27)10-3-2-9(19)6-11(10)16-21-5-4-14(26)25-16/h2-6,12H,7H2,1H3,(H,23,27)(H2,20,22,24)(H,21,25,26)/t12-/m1/s1. The quantitative estimate of drug-likeness (QED) is 0.630. The molecule has 3 heterocycles. The van der Waals surface area contributed by atoms with Gasteiger partial charge in [-0.3, -0.25) is 4.79 Å². The second-order valence-electron chi connectivity index (χ2n) is 6.19. The van der Waals surface area contributed by atoms with Crippen LogP contribution in [0.25, 0.3) is 11.4 Å². The van der Waals surface area contributed by atoms with Crippen molar-refractivity contribution in [3.8, 4) is 17.3 Å². The zero-order valence-corrected chi connectivity index (χ0v) is 14.3. The number of aromatic hydroxyl groups is 1. The highest BCUT2D eigenvalue weighted by atomic mass is 19.1. The number of hydrogen-bond donors (Lipinski definition) is 3. The van der Waals surface area contributed by atoms with Gasteiger partial charge in [-0.15, -0.1) is 0 Å². The Bertz CT molecular complexity index is 1070. The lowest BCUT2D eigenvalue weighted by Gasteiger charge is -2.27. The minimum atomic E-state index is -0.486. The van der Waals surface area contributed by atoms with E-state index in [1.165, 1.54) is 24.4 Å². The number of amides is 1. The van der Waals surface area contributed by atoms with Gasteiger partial charge >= 0.3 is 0 Å². The zero-order valence-electron chi connectivity index (χ0n) is 14.3. The molecule has 1 aromatic carbocycles. The van der Waals surface area contributed by atoms with Crippen LogP contribution in [0.2, 0.25) is 0 Å². The first-order valence-corrected chi connectivity index (χ1v) is 8.18. The number of nitrogens with two attached hydrogens (primary N) is 1. The summed E-state index contributed by atoms with van der Waals surface area (Å²) in [5.74, 6) is -0.792. The highest BCUT2D eigenvalue weighted by molar-refractivity contribution is 5.98. The van der Waals surface area contributed by atoms with E-state index < -0.39 is 11.9 Å². The number of aryl methyl sites for hydroxylation is 1. The molecule has 4 N–H and O–H groups in total. The number of benzene rings is 1.